The number of nitrogens with zero attached hydrogens (tertiary/aromatic N) is 3. The van der Waals surface area contributed by atoms with Crippen molar-refractivity contribution >= 4 is 29.2 Å². The molecule has 0 radical (unpaired) electrons. The van der Waals surface area contributed by atoms with Crippen molar-refractivity contribution in [2.24, 2.45) is 5.10 Å². The van der Waals surface area contributed by atoms with Crippen molar-refractivity contribution in [3.05, 3.63) is 38.4 Å². The molecule has 0 saturated carbocycles. The van der Waals surface area contributed by atoms with Gasteiger partial charge in [0.2, 0.25) is 0 Å². The summed E-state index contributed by atoms with van der Waals surface area (Å²) in [6.07, 6.45) is 1.77. The molecule has 0 aromatic heterocycles. The highest BCUT2D eigenvalue weighted by Crippen LogP contribution is 2.28. The van der Waals surface area contributed by atoms with Crippen molar-refractivity contribution in [2.45, 2.75) is 12.8 Å². The van der Waals surface area contributed by atoms with Crippen molar-refractivity contribution in [3.63, 3.8) is 0 Å². The van der Waals surface area contributed by atoms with Gasteiger partial charge in [0.25, 0.3) is 5.69 Å². The fourth-order valence-corrected chi connectivity index (χ4v) is 1.34. The maximum absolute atomic E-state index is 10.8. The van der Waals surface area contributed by atoms with Gasteiger partial charge < -0.3 is 4.74 Å². The summed E-state index contributed by atoms with van der Waals surface area (Å²) in [5.41, 5.74) is 1.57. The summed E-state index contributed by atoms with van der Waals surface area (Å²) >= 11 is 0. The Bertz CT molecular complexity index is 586. The van der Waals surface area contributed by atoms with Crippen LogP contribution in [0.15, 0.2) is 23.3 Å². The number of nitrogens with one attached hydrogen (secondary N) is 1. The number of benzene rings is 1. The van der Waals surface area contributed by atoms with Crippen LogP contribution in [-0.2, 0) is 9.53 Å². The molecule has 0 unspecified atom stereocenters. The van der Waals surface area contributed by atoms with E-state index in [4.69, 9.17) is 0 Å². The van der Waals surface area contributed by atoms with Gasteiger partial charge in [-0.3, -0.25) is 30.4 Å². The molecular formula is C11H12N4O6. The summed E-state index contributed by atoms with van der Waals surface area (Å²) in [5.74, 6) is -0.400. The minimum atomic E-state index is -0.751. The van der Waals surface area contributed by atoms with E-state index in [-0.39, 0.29) is 17.8 Å². The molecule has 1 aromatic carbocycles. The second-order valence-corrected chi connectivity index (χ2v) is 3.75. The zero-order chi connectivity index (χ0) is 15.8. The minimum Gasteiger partial charge on any atom is -0.469 e. The molecule has 10 nitrogen and oxygen atoms in total. The standard InChI is InChI=1S/C11H12N4O6/c1-21-11(16)3-2-6-12-13-9-5-4-8(14(17)18)7-10(9)15(19)20/h4-7,13H,2-3H2,1H3/b12-6+. The van der Waals surface area contributed by atoms with Gasteiger partial charge in [0.05, 0.1) is 29.4 Å². The third kappa shape index (κ3) is 4.86. The van der Waals surface area contributed by atoms with Gasteiger partial charge in [-0.25, -0.2) is 0 Å². The van der Waals surface area contributed by atoms with E-state index in [1.165, 1.54) is 19.4 Å². The fourth-order valence-electron chi connectivity index (χ4n) is 1.34. The average Bonchev–Trinajstić information content (AvgIpc) is 2.46. The fraction of sp³-hybridized carbons (Fsp3) is 0.273. The first-order valence-electron chi connectivity index (χ1n) is 5.73. The molecule has 0 aliphatic carbocycles. The summed E-state index contributed by atoms with van der Waals surface area (Å²) in [7, 11) is 1.26. The molecule has 10 heteroatoms. The van der Waals surface area contributed by atoms with Crippen LogP contribution in [0.25, 0.3) is 0 Å². The molecule has 1 rings (SSSR count). The normalized spacial score (nSPS) is 10.3. The van der Waals surface area contributed by atoms with Crippen LogP contribution in [0.4, 0.5) is 17.1 Å². The number of hydrogen-bond donors (Lipinski definition) is 1. The van der Waals surface area contributed by atoms with Gasteiger partial charge in [0.1, 0.15) is 5.69 Å². The molecule has 0 aliphatic heterocycles. The number of rotatable bonds is 7. The average molecular weight is 296 g/mol. The highest BCUT2D eigenvalue weighted by atomic mass is 16.6. The van der Waals surface area contributed by atoms with Crippen molar-refractivity contribution in [3.8, 4) is 0 Å². The lowest BCUT2D eigenvalue weighted by Crippen LogP contribution is -2.01. The van der Waals surface area contributed by atoms with Crippen LogP contribution >= 0.6 is 0 Å². The predicted molar refractivity (Wildman–Crippen MR) is 73.1 cm³/mol. The minimum absolute atomic E-state index is 0.0138. The van der Waals surface area contributed by atoms with E-state index in [0.29, 0.717) is 6.42 Å². The summed E-state index contributed by atoms with van der Waals surface area (Å²) < 4.78 is 4.43. The number of anilines is 1. The van der Waals surface area contributed by atoms with Gasteiger partial charge in [-0.1, -0.05) is 0 Å². The molecule has 0 amide bonds. The number of carbonyl (C=O) groups excluding carboxylic acids is 1. The lowest BCUT2D eigenvalue weighted by molar-refractivity contribution is -0.393. The number of hydrogen-bond acceptors (Lipinski definition) is 8. The van der Waals surface area contributed by atoms with Crippen molar-refractivity contribution < 1.29 is 19.4 Å². The Morgan fingerprint density at radius 3 is 2.67 bits per heavy atom. The predicted octanol–water partition coefficient (Wildman–Crippen LogP) is 1.85. The highest BCUT2D eigenvalue weighted by molar-refractivity contribution is 5.74. The van der Waals surface area contributed by atoms with E-state index in [1.807, 2.05) is 0 Å². The van der Waals surface area contributed by atoms with Crippen LogP contribution in [0, 0.1) is 20.2 Å². The third-order valence-corrected chi connectivity index (χ3v) is 2.37. The molecule has 0 bridgehead atoms. The van der Waals surface area contributed by atoms with Crippen molar-refractivity contribution in [1.82, 2.24) is 0 Å². The summed E-state index contributed by atoms with van der Waals surface area (Å²) in [5, 5.41) is 25.1. The number of nitro groups is 2. The summed E-state index contributed by atoms with van der Waals surface area (Å²) in [6, 6.07) is 3.15. The van der Waals surface area contributed by atoms with Gasteiger partial charge >= 0.3 is 11.7 Å². The number of nitro benzene ring substituents is 2. The van der Waals surface area contributed by atoms with E-state index in [1.54, 1.807) is 0 Å². The van der Waals surface area contributed by atoms with Crippen LogP contribution in [0.1, 0.15) is 12.8 Å². The number of hydrazone groups is 1. The largest absolute Gasteiger partial charge is 0.469 e. The Morgan fingerprint density at radius 2 is 2.10 bits per heavy atom. The smallest absolute Gasteiger partial charge is 0.305 e. The maximum atomic E-state index is 10.8. The Morgan fingerprint density at radius 1 is 1.38 bits per heavy atom. The topological polar surface area (TPSA) is 137 Å². The second kappa shape index (κ2) is 7.53. The zero-order valence-electron chi connectivity index (χ0n) is 11.0. The highest BCUT2D eigenvalue weighted by Gasteiger charge is 2.18. The quantitative estimate of drug-likeness (QED) is 0.350. The first kappa shape index (κ1) is 16.0. The first-order chi connectivity index (χ1) is 9.95. The lowest BCUT2D eigenvalue weighted by Gasteiger charge is -2.01. The van der Waals surface area contributed by atoms with Crippen molar-refractivity contribution in [1.29, 1.82) is 0 Å². The Labute approximate surface area is 118 Å². The molecule has 0 spiro atoms. The number of carbonyl (C=O) groups is 1. The second-order valence-electron chi connectivity index (χ2n) is 3.75. The summed E-state index contributed by atoms with van der Waals surface area (Å²) in [6.45, 7) is 0. The molecule has 112 valence electrons. The molecular weight excluding hydrogens is 284 g/mol. The third-order valence-electron chi connectivity index (χ3n) is 2.37. The number of ether oxygens (including phenoxy) is 1. The zero-order valence-corrected chi connectivity index (χ0v) is 11.0. The van der Waals surface area contributed by atoms with Gasteiger partial charge in [0, 0.05) is 12.3 Å². The van der Waals surface area contributed by atoms with Gasteiger partial charge in [-0.05, 0) is 12.5 Å². The van der Waals surface area contributed by atoms with E-state index in [0.717, 1.165) is 12.1 Å². The van der Waals surface area contributed by atoms with E-state index in [9.17, 15) is 25.0 Å². The number of non-ortho nitro benzene ring substituents is 1. The molecule has 0 fully saturated rings. The molecule has 1 aromatic rings. The van der Waals surface area contributed by atoms with Gasteiger partial charge in [0.15, 0.2) is 0 Å². The van der Waals surface area contributed by atoms with Crippen LogP contribution in [0.2, 0.25) is 0 Å². The molecule has 0 heterocycles. The molecule has 0 atom stereocenters. The van der Waals surface area contributed by atoms with Crippen LogP contribution < -0.4 is 5.43 Å². The maximum Gasteiger partial charge on any atom is 0.305 e. The Balaban J connectivity index is 2.74. The van der Waals surface area contributed by atoms with Crippen LogP contribution in [0.3, 0.4) is 0 Å². The van der Waals surface area contributed by atoms with E-state index >= 15 is 0 Å². The van der Waals surface area contributed by atoms with Gasteiger partial charge in [-0.15, -0.1) is 0 Å². The van der Waals surface area contributed by atoms with Gasteiger partial charge in [-0.2, -0.15) is 5.10 Å². The van der Waals surface area contributed by atoms with Crippen molar-refractivity contribution in [2.75, 3.05) is 12.5 Å². The molecule has 21 heavy (non-hydrogen) atoms. The van der Waals surface area contributed by atoms with E-state index in [2.05, 4.69) is 15.3 Å². The number of esters is 1. The Hall–Kier alpha value is -3.04. The molecule has 0 aliphatic rings. The van der Waals surface area contributed by atoms with E-state index < -0.39 is 21.5 Å². The Kier molecular flexibility index (Phi) is 5.74. The van der Waals surface area contributed by atoms with Crippen LogP contribution in [-0.4, -0.2) is 29.1 Å². The first-order valence-corrected chi connectivity index (χ1v) is 5.73. The lowest BCUT2D eigenvalue weighted by atomic mass is 10.2. The van der Waals surface area contributed by atoms with Crippen LogP contribution in [0.5, 0.6) is 0 Å². The number of methoxy groups -OCH3 is 1. The monoisotopic (exact) mass is 296 g/mol. The molecule has 1 N–H and O–H groups in total. The molecule has 0 saturated heterocycles. The summed E-state index contributed by atoms with van der Waals surface area (Å²) in [4.78, 5) is 30.8. The SMILES string of the molecule is COC(=O)CC/C=N/Nc1ccc([N+](=O)[O-])cc1[N+](=O)[O-].